The monoisotopic (exact) mass is 1870 g/mol. The number of para-hydroxylation sites is 12. The van der Waals surface area contributed by atoms with Crippen molar-refractivity contribution < 1.29 is 17.7 Å². The summed E-state index contributed by atoms with van der Waals surface area (Å²) in [5.41, 5.74) is 39.8. The molecule has 4 heterocycles. The van der Waals surface area contributed by atoms with E-state index in [0.29, 0.717) is 23.7 Å². The Morgan fingerprint density at radius 3 is 0.812 bits per heavy atom. The standard InChI is InChI=1S/C72H66N2O2.C64H50N2O2/c1-42-17-9-11-25-62(42)73(64-27-15-21-55-53-19-13-23-58(70(3,4)5)66(53)75-68(55)64)50-30-29-46-39-57-52-32-31-51(41-61(52)72(60(57)40-47(46)38-50)48-34-44-33-45(36-48)37-49(72)35-44)74(63-26-12-10-18-43(63)2)65-28-16-22-56-54-20-14-24-59(71(6,7)8)67(54)76-69(56)65;1-38-13-3-7-19-56(38)65(58-21-11-17-51-49-15-5-9-23-60(49)67-62(51)58)46-26-25-42-35-53-48-28-27-47(37-55(48)64(54(53)36-43(42)34-46)44-30-40-29-41(32-44)33-45(64)31-40)66(57-20-8-4-14-39(57)2)59-22-12-18-52-50-16-6-10-24-61(50)68-63(52)59/h9-32,38-41,44-45,48-49H,33-37H2,1-8H3;3-28,34-37,40-41,44-45H,29-33H2,1-2H3. The molecule has 8 bridgehead atoms. The van der Waals surface area contributed by atoms with Gasteiger partial charge in [0.05, 0.1) is 22.7 Å². The van der Waals surface area contributed by atoms with E-state index in [4.69, 9.17) is 17.7 Å². The lowest BCUT2D eigenvalue weighted by Crippen LogP contribution is -2.55. The SMILES string of the molecule is Cc1ccccc1N(c1ccc2c(c1)C1(c3cc4cc(N(c5ccccc5C)c5cccc6c5oc5c(C(C)(C)C)cccc56)ccc4cc3-2)C2CC3CC(C2)CC1C3)c1cccc2c1oc1c(C(C)(C)C)cccc12.Cc1ccccc1N(c1ccc2c(c1)C1(c3cc4cc(N(c5ccccc5C)c5cccc6c5oc5ccccc56)ccc4cc3-2)C2CC3CC(C2)CC1C3)c1cccc2c1oc1ccccc12. The minimum atomic E-state index is -0.0803. The predicted octanol–water partition coefficient (Wildman–Crippen LogP) is 38.4. The molecule has 0 unspecified atom stereocenters. The van der Waals surface area contributed by atoms with Crippen molar-refractivity contribution in [2.45, 2.75) is 155 Å². The van der Waals surface area contributed by atoms with E-state index in [1.165, 1.54) is 181 Å². The van der Waals surface area contributed by atoms with E-state index in [2.05, 4.69) is 441 Å². The Hall–Kier alpha value is -15.1. The van der Waals surface area contributed by atoms with Crippen molar-refractivity contribution in [3.8, 4) is 22.3 Å². The van der Waals surface area contributed by atoms with Crippen molar-refractivity contribution in [1.82, 2.24) is 0 Å². The Balaban J connectivity index is 0.000000138. The highest BCUT2D eigenvalue weighted by atomic mass is 16.3. The average molecular weight is 1870 g/mol. The Labute approximate surface area is 841 Å². The summed E-state index contributed by atoms with van der Waals surface area (Å²) in [6.07, 6.45) is 13.3. The minimum Gasteiger partial charge on any atom is -0.454 e. The first-order chi connectivity index (χ1) is 70.2. The van der Waals surface area contributed by atoms with Gasteiger partial charge in [-0.25, -0.2) is 0 Å². The Bertz CT molecular complexity index is 9090. The quantitative estimate of drug-likeness (QED) is 0.120. The van der Waals surface area contributed by atoms with E-state index in [1.54, 1.807) is 11.1 Å². The summed E-state index contributed by atoms with van der Waals surface area (Å²) in [6, 6.07) is 132. The van der Waals surface area contributed by atoms with Gasteiger partial charge < -0.3 is 37.3 Å². The zero-order chi connectivity index (χ0) is 96.4. The molecule has 8 nitrogen and oxygen atoms in total. The summed E-state index contributed by atoms with van der Waals surface area (Å²) in [5.74, 6) is 5.72. The fraction of sp³-hybridized carbons (Fsp3) is 0.235. The molecule has 0 atom stereocenters. The Kier molecular flexibility index (Phi) is 18.8. The Morgan fingerprint density at radius 1 is 0.215 bits per heavy atom. The molecule has 10 aliphatic rings. The topological polar surface area (TPSA) is 65.5 Å². The highest BCUT2D eigenvalue weighted by Crippen LogP contribution is 2.73. The number of anilines is 12. The third kappa shape index (κ3) is 12.6. The first kappa shape index (κ1) is 85.6. The third-order valence-corrected chi connectivity index (χ3v) is 36.0. The zero-order valence-corrected chi connectivity index (χ0v) is 83.6. The van der Waals surface area contributed by atoms with E-state index in [0.717, 1.165) is 152 Å². The van der Waals surface area contributed by atoms with E-state index in [-0.39, 0.29) is 21.7 Å². The highest BCUT2D eigenvalue weighted by Gasteiger charge is 2.64. The molecule has 0 aliphatic heterocycles. The predicted molar refractivity (Wildman–Crippen MR) is 599 cm³/mol. The van der Waals surface area contributed by atoms with Crippen molar-refractivity contribution in [1.29, 1.82) is 0 Å². The molecule has 22 aromatic rings. The fourth-order valence-corrected chi connectivity index (χ4v) is 30.2. The van der Waals surface area contributed by atoms with Crippen LogP contribution >= 0.6 is 0 Å². The number of furan rings is 4. The normalized spacial score (nSPS) is 20.9. The fourth-order valence-electron chi connectivity index (χ4n) is 30.2. The largest absolute Gasteiger partial charge is 0.454 e. The summed E-state index contributed by atoms with van der Waals surface area (Å²) >= 11 is 0. The van der Waals surface area contributed by atoms with E-state index < -0.39 is 0 Å². The molecule has 8 fully saturated rings. The van der Waals surface area contributed by atoms with Crippen molar-refractivity contribution >= 4 is 178 Å². The molecule has 8 heteroatoms. The lowest BCUT2D eigenvalue weighted by Gasteiger charge is -2.61. The molecule has 18 aromatic carbocycles. The molecule has 704 valence electrons. The molecule has 32 rings (SSSR count). The summed E-state index contributed by atoms with van der Waals surface area (Å²) in [7, 11) is 0. The third-order valence-electron chi connectivity index (χ3n) is 36.0. The van der Waals surface area contributed by atoms with Crippen LogP contribution in [0.25, 0.3) is 132 Å². The van der Waals surface area contributed by atoms with Crippen molar-refractivity contribution in [3.05, 3.63) is 407 Å². The molecule has 2 spiro atoms. The van der Waals surface area contributed by atoms with Crippen LogP contribution in [0.15, 0.2) is 370 Å². The van der Waals surface area contributed by atoms with E-state index in [1.807, 2.05) is 0 Å². The number of hydrogen-bond donors (Lipinski definition) is 0. The first-order valence-electron chi connectivity index (χ1n) is 52.8. The molecule has 4 aromatic heterocycles. The second-order valence-corrected chi connectivity index (χ2v) is 46.0. The van der Waals surface area contributed by atoms with Crippen LogP contribution in [-0.2, 0) is 21.7 Å². The highest BCUT2D eigenvalue weighted by molar-refractivity contribution is 6.16. The first-order valence-corrected chi connectivity index (χ1v) is 52.8. The van der Waals surface area contributed by atoms with Gasteiger partial charge in [-0.1, -0.05) is 260 Å². The van der Waals surface area contributed by atoms with Gasteiger partial charge in [0, 0.05) is 111 Å². The molecular weight excluding hydrogens is 1750 g/mol. The van der Waals surface area contributed by atoms with Gasteiger partial charge in [0.25, 0.3) is 0 Å². The second-order valence-electron chi connectivity index (χ2n) is 46.0. The number of rotatable bonds is 12. The van der Waals surface area contributed by atoms with E-state index in [9.17, 15) is 0 Å². The molecule has 0 saturated heterocycles. The summed E-state index contributed by atoms with van der Waals surface area (Å²) in [6.45, 7) is 22.6. The van der Waals surface area contributed by atoms with Gasteiger partial charge in [-0.05, 0) is 372 Å². The lowest BCUT2D eigenvalue weighted by molar-refractivity contribution is -0.0399. The van der Waals surface area contributed by atoms with Crippen LogP contribution in [0, 0.1) is 75.0 Å². The second kappa shape index (κ2) is 31.7. The number of benzene rings is 18. The number of fused-ring (bicyclic) bond motifs is 20. The summed E-state index contributed by atoms with van der Waals surface area (Å²) < 4.78 is 27.8. The average Bonchev–Trinajstić information content (AvgIpc) is 1.50. The van der Waals surface area contributed by atoms with Crippen molar-refractivity contribution in [2.24, 2.45) is 47.3 Å². The zero-order valence-electron chi connectivity index (χ0n) is 83.6. The van der Waals surface area contributed by atoms with Crippen LogP contribution < -0.4 is 19.6 Å². The van der Waals surface area contributed by atoms with Crippen LogP contribution in [0.3, 0.4) is 0 Å². The summed E-state index contributed by atoms with van der Waals surface area (Å²) in [5, 5.41) is 14.3. The maximum absolute atomic E-state index is 7.17. The van der Waals surface area contributed by atoms with Crippen LogP contribution in [0.5, 0.6) is 0 Å². The van der Waals surface area contributed by atoms with Crippen LogP contribution in [0.4, 0.5) is 68.2 Å². The summed E-state index contributed by atoms with van der Waals surface area (Å²) in [4.78, 5) is 9.88. The van der Waals surface area contributed by atoms with Crippen molar-refractivity contribution in [3.63, 3.8) is 0 Å². The number of aryl methyl sites for hydroxylation is 4. The van der Waals surface area contributed by atoms with Gasteiger partial charge in [0.2, 0.25) is 0 Å². The van der Waals surface area contributed by atoms with Gasteiger partial charge in [-0.3, -0.25) is 0 Å². The van der Waals surface area contributed by atoms with Crippen LogP contribution in [0.1, 0.15) is 161 Å². The van der Waals surface area contributed by atoms with Gasteiger partial charge in [0.15, 0.2) is 22.3 Å². The molecule has 10 aliphatic carbocycles. The molecule has 0 radical (unpaired) electrons. The van der Waals surface area contributed by atoms with Crippen LogP contribution in [-0.4, -0.2) is 0 Å². The van der Waals surface area contributed by atoms with Gasteiger partial charge in [-0.2, -0.15) is 0 Å². The van der Waals surface area contributed by atoms with Gasteiger partial charge in [-0.15, -0.1) is 0 Å². The molecule has 8 saturated carbocycles. The molecular formula is C136H116N4O4. The maximum atomic E-state index is 7.17. The molecule has 0 N–H and O–H groups in total. The number of nitrogens with zero attached hydrogens (tertiary/aromatic N) is 4. The van der Waals surface area contributed by atoms with Gasteiger partial charge in [0.1, 0.15) is 22.3 Å². The maximum Gasteiger partial charge on any atom is 0.159 e. The number of hydrogen-bond acceptors (Lipinski definition) is 8. The minimum absolute atomic E-state index is 0.0589. The molecule has 144 heavy (non-hydrogen) atoms. The Morgan fingerprint density at radius 2 is 0.479 bits per heavy atom. The lowest BCUT2D eigenvalue weighted by atomic mass is 9.43. The molecule has 0 amide bonds. The smallest absolute Gasteiger partial charge is 0.159 e. The van der Waals surface area contributed by atoms with E-state index >= 15 is 0 Å². The van der Waals surface area contributed by atoms with Gasteiger partial charge >= 0.3 is 0 Å². The van der Waals surface area contributed by atoms with Crippen LogP contribution in [0.2, 0.25) is 0 Å². The van der Waals surface area contributed by atoms with Crippen molar-refractivity contribution in [2.75, 3.05) is 19.6 Å².